The third-order valence-corrected chi connectivity index (χ3v) is 9.49. The van der Waals surface area contributed by atoms with E-state index in [0.29, 0.717) is 12.8 Å². The minimum Gasteiger partial charge on any atom is -0.481 e. The Morgan fingerprint density at radius 2 is 0.425 bits per heavy atom. The molecule has 14 N–H and O–H groups in total. The molecule has 10 atom stereocenters. The van der Waals surface area contributed by atoms with Crippen molar-refractivity contribution in [2.24, 2.45) is 0 Å². The van der Waals surface area contributed by atoms with E-state index >= 15 is 0 Å². The molecule has 0 radical (unpaired) electrons. The van der Waals surface area contributed by atoms with Gasteiger partial charge in [-0.2, -0.15) is 0 Å². The zero-order valence-corrected chi connectivity index (χ0v) is 43.6. The van der Waals surface area contributed by atoms with Crippen molar-refractivity contribution in [3.63, 3.8) is 0 Å². The molecule has 10 unspecified atom stereocenters. The summed E-state index contributed by atoms with van der Waals surface area (Å²) in [5.74, 6) is -1.33. The lowest BCUT2D eigenvalue weighted by Crippen LogP contribution is -2.32. The molecule has 0 aliphatic heterocycles. The zero-order chi connectivity index (χ0) is 55.3. The van der Waals surface area contributed by atoms with Crippen molar-refractivity contribution in [3.8, 4) is 0 Å². The molecule has 0 bridgehead atoms. The first-order chi connectivity index (χ1) is 34.9. The third kappa shape index (κ3) is 62.5. The van der Waals surface area contributed by atoms with Gasteiger partial charge in [0, 0.05) is 12.8 Å². The summed E-state index contributed by atoms with van der Waals surface area (Å²) in [4.78, 5) is 20.2. The summed E-state index contributed by atoms with van der Waals surface area (Å²) in [5.41, 5.74) is 0. The second-order valence-electron chi connectivity index (χ2n) is 17.6. The molecule has 0 aromatic rings. The molecule has 440 valence electrons. The van der Waals surface area contributed by atoms with Gasteiger partial charge in [0.25, 0.3) is 0 Å². The van der Waals surface area contributed by atoms with Crippen LogP contribution in [0.3, 0.4) is 0 Å². The minimum atomic E-state index is -1.05. The van der Waals surface area contributed by atoms with Crippen LogP contribution < -0.4 is 0 Å². The molecule has 0 fully saturated rings. The summed E-state index contributed by atoms with van der Waals surface area (Å²) in [6.07, 6.45) is 4.22. The quantitative estimate of drug-likeness (QED) is 0.0304. The molecule has 73 heavy (non-hydrogen) atoms. The number of aliphatic carboxylic acids is 2. The molecule has 0 saturated heterocycles. The lowest BCUT2D eigenvalue weighted by Gasteiger charge is -2.18. The van der Waals surface area contributed by atoms with E-state index in [1.165, 1.54) is 51.4 Å². The first-order valence-corrected chi connectivity index (χ1v) is 25.6. The molecule has 0 heterocycles. The second-order valence-corrected chi connectivity index (χ2v) is 17.6. The SMILES string of the molecule is CCCCCCCC(=O)O.CCCCCCCCCC(=O)O.OCC(O)COCC(O)COCC(O)COCC(O)COCC(O)COCC(O)COCC(O)COCC(O)COCC(O)COCC(O)CO. The van der Waals surface area contributed by atoms with Gasteiger partial charge in [0.2, 0.25) is 0 Å². The molecule has 0 aliphatic rings. The van der Waals surface area contributed by atoms with Crippen LogP contribution in [0.15, 0.2) is 0 Å². The van der Waals surface area contributed by atoms with Gasteiger partial charge < -0.3 is 114 Å². The molecule has 0 aromatic heterocycles. The Labute approximate surface area is 431 Å². The van der Waals surface area contributed by atoms with E-state index in [-0.39, 0.29) is 119 Å². The minimum absolute atomic E-state index is 0.123. The largest absolute Gasteiger partial charge is 0.481 e. The van der Waals surface area contributed by atoms with Crippen LogP contribution in [0.25, 0.3) is 0 Å². The van der Waals surface area contributed by atoms with E-state index < -0.39 is 86.2 Å². The van der Waals surface area contributed by atoms with Crippen molar-refractivity contribution in [3.05, 3.63) is 0 Å². The summed E-state index contributed by atoms with van der Waals surface area (Å²) < 4.78 is 46.3. The molecule has 0 amide bonds. The standard InChI is InChI=1S/C30H62O21.C10H20O2.C8H16O2/c31-1-21(33)3-43-5-23(35)7-45-9-25(37)11-47-13-27(39)15-49-17-29(41)19-51-20-30(42)18-50-16-28(40)14-48-12-26(38)10-46-8-24(36)6-44-4-22(34)2-32;1-2-3-4-5-6-7-8-9-10(11)12;1-2-3-4-5-6-7-8(9)10/h21-42H,1-20H2;2-9H2,1H3,(H,11,12);2-7H2,1H3,(H,9,10). The first-order valence-electron chi connectivity index (χ1n) is 25.6. The highest BCUT2D eigenvalue weighted by Gasteiger charge is 2.15. The van der Waals surface area contributed by atoms with Crippen LogP contribution in [0.5, 0.6) is 0 Å². The average molecular weight is 1080 g/mol. The normalized spacial score (nSPS) is 15.6. The topological polar surface area (TPSA) is 400 Å². The fraction of sp³-hybridized carbons (Fsp3) is 0.958. The fourth-order valence-corrected chi connectivity index (χ4v) is 5.66. The predicted molar refractivity (Wildman–Crippen MR) is 263 cm³/mol. The summed E-state index contributed by atoms with van der Waals surface area (Å²) in [6.45, 7) is 0.665. The molecule has 0 rings (SSSR count). The Morgan fingerprint density at radius 1 is 0.274 bits per heavy atom. The van der Waals surface area contributed by atoms with Crippen molar-refractivity contribution < 1.29 is 124 Å². The lowest BCUT2D eigenvalue weighted by molar-refractivity contribution is -0.138. The van der Waals surface area contributed by atoms with Gasteiger partial charge in [-0.15, -0.1) is 0 Å². The van der Waals surface area contributed by atoms with Crippen LogP contribution in [0.1, 0.15) is 104 Å². The Hall–Kier alpha value is -1.90. The van der Waals surface area contributed by atoms with Gasteiger partial charge in [0.05, 0.1) is 132 Å². The van der Waals surface area contributed by atoms with E-state index in [2.05, 4.69) is 13.8 Å². The molecule has 0 aromatic carbocycles. The maximum absolute atomic E-state index is 10.1. The molecular weight excluding hydrogens is 977 g/mol. The van der Waals surface area contributed by atoms with Gasteiger partial charge in [0.15, 0.2) is 0 Å². The van der Waals surface area contributed by atoms with Crippen LogP contribution in [0, 0.1) is 0 Å². The highest BCUT2D eigenvalue weighted by atomic mass is 16.6. The van der Waals surface area contributed by atoms with Crippen LogP contribution in [-0.2, 0) is 52.2 Å². The second kappa shape index (κ2) is 56.3. The number of aliphatic hydroxyl groups excluding tert-OH is 12. The summed E-state index contributed by atoms with van der Waals surface area (Å²) in [6, 6.07) is 0. The highest BCUT2D eigenvalue weighted by Crippen LogP contribution is 2.08. The number of unbranched alkanes of at least 4 members (excludes halogenated alkanes) is 10. The number of carboxylic acids is 2. The molecule has 0 spiro atoms. The summed E-state index contributed by atoms with van der Waals surface area (Å²) >= 11 is 0. The van der Waals surface area contributed by atoms with Crippen molar-refractivity contribution in [2.45, 2.75) is 165 Å². The van der Waals surface area contributed by atoms with E-state index in [0.717, 1.165) is 25.7 Å². The smallest absolute Gasteiger partial charge is 0.303 e. The predicted octanol–water partition coefficient (Wildman–Crippen LogP) is -1.63. The van der Waals surface area contributed by atoms with E-state index in [1.807, 2.05) is 0 Å². The van der Waals surface area contributed by atoms with E-state index in [4.69, 9.17) is 73.3 Å². The van der Waals surface area contributed by atoms with E-state index in [1.54, 1.807) is 0 Å². The van der Waals surface area contributed by atoms with Gasteiger partial charge >= 0.3 is 11.9 Å². The van der Waals surface area contributed by atoms with Gasteiger partial charge in [-0.3, -0.25) is 9.59 Å². The van der Waals surface area contributed by atoms with Crippen LogP contribution in [-0.4, -0.2) is 277 Å². The monoisotopic (exact) mass is 1070 g/mol. The van der Waals surface area contributed by atoms with Gasteiger partial charge in [-0.25, -0.2) is 0 Å². The molecule has 0 saturated carbocycles. The molecular formula is C48H98O25. The molecule has 0 aliphatic carbocycles. The van der Waals surface area contributed by atoms with Crippen molar-refractivity contribution in [2.75, 3.05) is 132 Å². The summed E-state index contributed by atoms with van der Waals surface area (Å²) in [7, 11) is 0. The Morgan fingerprint density at radius 3 is 0.575 bits per heavy atom. The Bertz CT molecular complexity index is 1090. The molecule has 25 nitrogen and oxygen atoms in total. The Balaban J connectivity index is -0.00000182. The number of ether oxygens (including phenoxy) is 9. The number of carbonyl (C=O) groups is 2. The maximum atomic E-state index is 10.1. The van der Waals surface area contributed by atoms with Crippen LogP contribution >= 0.6 is 0 Å². The van der Waals surface area contributed by atoms with Gasteiger partial charge in [0.1, 0.15) is 61.0 Å². The first kappa shape index (κ1) is 75.3. The van der Waals surface area contributed by atoms with Crippen LogP contribution in [0.2, 0.25) is 0 Å². The number of hydrogen-bond acceptors (Lipinski definition) is 23. The fourth-order valence-electron chi connectivity index (χ4n) is 5.66. The Kier molecular flexibility index (Phi) is 58.1. The summed E-state index contributed by atoms with van der Waals surface area (Å²) in [5, 5.41) is 131. The van der Waals surface area contributed by atoms with Crippen molar-refractivity contribution >= 4 is 11.9 Å². The third-order valence-electron chi connectivity index (χ3n) is 9.49. The van der Waals surface area contributed by atoms with Crippen LogP contribution in [0.4, 0.5) is 0 Å². The van der Waals surface area contributed by atoms with Gasteiger partial charge in [-0.1, -0.05) is 78.1 Å². The lowest BCUT2D eigenvalue weighted by atomic mass is 10.1. The van der Waals surface area contributed by atoms with Crippen molar-refractivity contribution in [1.82, 2.24) is 0 Å². The van der Waals surface area contributed by atoms with Gasteiger partial charge in [-0.05, 0) is 12.8 Å². The average Bonchev–Trinajstić information content (AvgIpc) is 3.33. The maximum Gasteiger partial charge on any atom is 0.303 e. The number of hydrogen-bond donors (Lipinski definition) is 14. The highest BCUT2D eigenvalue weighted by molar-refractivity contribution is 5.66. The zero-order valence-electron chi connectivity index (χ0n) is 43.6. The molecule has 25 heteroatoms. The number of carboxylic acid groups (broad SMARTS) is 2. The number of rotatable bonds is 52. The van der Waals surface area contributed by atoms with E-state index in [9.17, 15) is 50.4 Å². The van der Waals surface area contributed by atoms with Crippen molar-refractivity contribution in [1.29, 1.82) is 0 Å². The number of aliphatic hydroxyl groups is 12.